The maximum atomic E-state index is 14.2. The molecule has 27 heteroatoms. The van der Waals surface area contributed by atoms with Crippen molar-refractivity contribution in [1.82, 2.24) is 0 Å². The molecule has 4 saturated heterocycles. The molecule has 0 aromatic heterocycles. The van der Waals surface area contributed by atoms with Gasteiger partial charge in [0.15, 0.2) is 31.3 Å². The van der Waals surface area contributed by atoms with Crippen LogP contribution in [0.25, 0.3) is 0 Å². The molecule has 9 rings (SSSR count). The van der Waals surface area contributed by atoms with E-state index < -0.39 is 224 Å². The number of hydrogen-bond acceptors (Lipinski definition) is 26. The number of aliphatic hydroxyl groups is 12. The largest absolute Gasteiger partial charge is 0.479 e. The van der Waals surface area contributed by atoms with E-state index in [0.717, 1.165) is 11.9 Å². The van der Waals surface area contributed by atoms with E-state index in [0.29, 0.717) is 37.7 Å². The summed E-state index contributed by atoms with van der Waals surface area (Å²) in [4.78, 5) is 53.8. The Morgan fingerprint density at radius 1 is 0.663 bits per heavy atom. The number of fused-ring (bicyclic) bond motifs is 7. The first kappa shape index (κ1) is 67.2. The molecule has 9 aliphatic rings. The van der Waals surface area contributed by atoms with Crippen LogP contribution < -0.4 is 0 Å². The normalized spacial score (nSPS) is 51.1. The molecule has 0 radical (unpaired) electrons. The monoisotopic (exact) mass is 1230 g/mol. The lowest BCUT2D eigenvalue weighted by molar-refractivity contribution is -0.398. The molecule has 5 aliphatic carbocycles. The molecule has 4 aliphatic heterocycles. The number of allylic oxidation sites excluding steroid dienone is 3. The van der Waals surface area contributed by atoms with Crippen LogP contribution in [0.5, 0.6) is 0 Å². The zero-order valence-electron chi connectivity index (χ0n) is 50.0. The number of rotatable bonds is 15. The molecule has 30 atom stereocenters. The van der Waals surface area contributed by atoms with E-state index >= 15 is 0 Å². The second-order valence-corrected chi connectivity index (χ2v) is 27.3. The summed E-state index contributed by atoms with van der Waals surface area (Å²) in [6.45, 7) is 13.8. The van der Waals surface area contributed by atoms with Gasteiger partial charge in [0.25, 0.3) is 0 Å². The lowest BCUT2D eigenvalue weighted by Crippen LogP contribution is -2.72. The molecular weight excluding hydrogens is 1140 g/mol. The molecule has 0 amide bonds. The second-order valence-electron chi connectivity index (χ2n) is 27.3. The Bertz CT molecular complexity index is 2550. The van der Waals surface area contributed by atoms with E-state index in [1.54, 1.807) is 26.8 Å². The van der Waals surface area contributed by atoms with Crippen LogP contribution in [0, 0.1) is 50.2 Å². The number of aldehydes is 1. The number of hydrogen-bond donors (Lipinski definition) is 13. The van der Waals surface area contributed by atoms with Crippen LogP contribution in [0.1, 0.15) is 107 Å². The van der Waals surface area contributed by atoms with E-state index in [9.17, 15) is 85.6 Å². The molecule has 0 aromatic carbocycles. The van der Waals surface area contributed by atoms with Crippen molar-refractivity contribution in [2.45, 2.75) is 242 Å². The second kappa shape index (κ2) is 24.8. The van der Waals surface area contributed by atoms with Crippen molar-refractivity contribution in [3.05, 3.63) is 23.3 Å². The Labute approximate surface area is 498 Å². The van der Waals surface area contributed by atoms with Gasteiger partial charge in [-0.3, -0.25) is 4.79 Å². The molecule has 0 spiro atoms. The van der Waals surface area contributed by atoms with Gasteiger partial charge in [-0.1, -0.05) is 59.3 Å². The number of aliphatic hydroxyl groups excluding tert-OH is 12. The summed E-state index contributed by atoms with van der Waals surface area (Å²) in [6.07, 6.45) is -32.4. The number of carboxylic acid groups (broad SMARTS) is 1. The summed E-state index contributed by atoms with van der Waals surface area (Å²) in [5.41, 5.74) is -4.42. The number of esters is 2. The maximum absolute atomic E-state index is 14.2. The molecule has 0 aromatic rings. The van der Waals surface area contributed by atoms with Crippen molar-refractivity contribution in [1.29, 1.82) is 0 Å². The summed E-state index contributed by atoms with van der Waals surface area (Å²) in [5, 5.41) is 144. The SMILES string of the molecule is CC=C(C)C(=O)O[C@H]1[C@H](OC(C)=O)[C@@]2(CO)C(CC1(C)C)C1=CCC3[C@@]4(C)CC[C@H](O[C@@H]5O[C@H](C(=O)O)[C@@H](O)[C@H](O[C@@H]6OC[C@H](O)[C@H](O)[C@H]6O[C@@H]6OC[C@@H](O)[C@H](O)[C@H]6O)[C@H]5O[C@H]5O[C@H](CO)[C@H](O)[C@H](O)[C@H]5O)[C@@](C)(C=O)C4CC[C@@]3(C)[C@]1(C)C[C@H]2O. The maximum Gasteiger partial charge on any atom is 0.335 e. The fourth-order valence-corrected chi connectivity index (χ4v) is 17.0. The van der Waals surface area contributed by atoms with Gasteiger partial charge in [0.05, 0.1) is 49.5 Å². The lowest BCUT2D eigenvalue weighted by Gasteiger charge is -2.72. The summed E-state index contributed by atoms with van der Waals surface area (Å²) < 4.78 is 60.5. The summed E-state index contributed by atoms with van der Waals surface area (Å²) in [6, 6.07) is 0. The van der Waals surface area contributed by atoms with E-state index in [2.05, 4.69) is 26.8 Å². The van der Waals surface area contributed by atoms with Crippen LogP contribution in [0.4, 0.5) is 0 Å². The third kappa shape index (κ3) is 10.9. The molecule has 0 bridgehead atoms. The third-order valence-electron chi connectivity index (χ3n) is 22.2. The number of ether oxygens (including phenoxy) is 10. The quantitative estimate of drug-likeness (QED) is 0.0277. The van der Waals surface area contributed by atoms with E-state index in [-0.39, 0.29) is 18.8 Å². The summed E-state index contributed by atoms with van der Waals surface area (Å²) >= 11 is 0. The predicted octanol–water partition coefficient (Wildman–Crippen LogP) is -2.01. The van der Waals surface area contributed by atoms with Crippen molar-refractivity contribution in [3.63, 3.8) is 0 Å². The van der Waals surface area contributed by atoms with Crippen LogP contribution >= 0.6 is 0 Å². The van der Waals surface area contributed by atoms with Gasteiger partial charge in [0.2, 0.25) is 0 Å². The minimum atomic E-state index is -2.28. The minimum absolute atomic E-state index is 0.112. The molecule has 488 valence electrons. The smallest absolute Gasteiger partial charge is 0.335 e. The highest BCUT2D eigenvalue weighted by Crippen LogP contribution is 2.76. The van der Waals surface area contributed by atoms with Gasteiger partial charge in [-0.15, -0.1) is 0 Å². The molecule has 4 saturated carbocycles. The topological polar surface area (TPSA) is 424 Å². The van der Waals surface area contributed by atoms with Crippen LogP contribution in [-0.2, 0) is 66.5 Å². The Kier molecular flexibility index (Phi) is 19.3. The van der Waals surface area contributed by atoms with Gasteiger partial charge in [0.1, 0.15) is 97.8 Å². The van der Waals surface area contributed by atoms with Gasteiger partial charge in [-0.05, 0) is 92.8 Å². The Morgan fingerprint density at radius 2 is 1.29 bits per heavy atom. The number of carbonyl (C=O) groups is 4. The Morgan fingerprint density at radius 3 is 1.91 bits per heavy atom. The molecule has 8 fully saturated rings. The first-order chi connectivity index (χ1) is 40.3. The highest BCUT2D eigenvalue weighted by atomic mass is 16.8. The van der Waals surface area contributed by atoms with Gasteiger partial charge in [-0.25, -0.2) is 9.59 Å². The summed E-state index contributed by atoms with van der Waals surface area (Å²) in [7, 11) is 0. The van der Waals surface area contributed by atoms with Gasteiger partial charge < -0.3 is 119 Å². The van der Waals surface area contributed by atoms with Crippen molar-refractivity contribution in [2.75, 3.05) is 26.4 Å². The first-order valence-electron chi connectivity index (χ1n) is 29.9. The average Bonchev–Trinajstić information content (AvgIpc) is 0.674. The van der Waals surface area contributed by atoms with Crippen LogP contribution in [0.15, 0.2) is 23.3 Å². The Balaban J connectivity index is 1.05. The zero-order valence-corrected chi connectivity index (χ0v) is 50.0. The van der Waals surface area contributed by atoms with E-state index in [4.69, 9.17) is 47.4 Å². The molecule has 4 heterocycles. The van der Waals surface area contributed by atoms with Gasteiger partial charge >= 0.3 is 17.9 Å². The average molecular weight is 1230 g/mol. The van der Waals surface area contributed by atoms with Gasteiger partial charge in [0, 0.05) is 17.9 Å². The zero-order chi connectivity index (χ0) is 63.3. The fourth-order valence-electron chi connectivity index (χ4n) is 17.0. The fraction of sp³-hybridized carbons (Fsp3) is 0.864. The summed E-state index contributed by atoms with van der Waals surface area (Å²) in [5.74, 6) is -4.24. The highest BCUT2D eigenvalue weighted by Gasteiger charge is 2.74. The first-order valence-corrected chi connectivity index (χ1v) is 29.9. The lowest BCUT2D eigenvalue weighted by atomic mass is 9.33. The predicted molar refractivity (Wildman–Crippen MR) is 289 cm³/mol. The third-order valence-corrected chi connectivity index (χ3v) is 22.2. The molecule has 3 unspecified atom stereocenters. The minimum Gasteiger partial charge on any atom is -0.479 e. The Hall–Kier alpha value is -3.24. The molecule has 13 N–H and O–H groups in total. The van der Waals surface area contributed by atoms with Crippen molar-refractivity contribution < 1.29 is 133 Å². The van der Waals surface area contributed by atoms with Crippen molar-refractivity contribution in [3.8, 4) is 0 Å². The number of aliphatic carboxylic acids is 1. The van der Waals surface area contributed by atoms with Gasteiger partial charge in [-0.2, -0.15) is 0 Å². The highest BCUT2D eigenvalue weighted by molar-refractivity contribution is 5.87. The number of carbonyl (C=O) groups excluding carboxylic acids is 3. The molecule has 27 nitrogen and oxygen atoms in total. The van der Waals surface area contributed by atoms with Crippen molar-refractivity contribution in [2.24, 2.45) is 50.2 Å². The molecular formula is C59H90O27. The van der Waals surface area contributed by atoms with E-state index in [1.807, 2.05) is 13.8 Å². The van der Waals surface area contributed by atoms with Crippen LogP contribution in [-0.4, -0.2) is 252 Å². The standard InChI is InChI=1S/C59H90O27/c1-10-24(2)49(76)86-46-47(79-25(3)63)59(23-62)27(17-54(46,4)5)26-11-12-32-55(6)15-14-34(56(7,22-61)31(55)13-16-57(32,8)58(26,9)18-33(59)66)81-53-45(85-51-40(72)38(70)37(69)30(19-60)80-51)42(41(73)43(83-53)48(74)75)82-52-44(36(68)29(65)21-78-52)84-50-39(71)35(67)28(64)20-77-50/h10-11,22,27-47,50-53,60,62,64-73H,12-21,23H2,1-9H3,(H,74,75)/t27?,28-,29+,30-,31?,32?,33-,34+,35+,36+,37+,38+,39-,40-,41+,42+,43+,44-,45-,46+,47+,50+,51-,52+,53-,55+,56+,57-,58-,59+/m1/s1. The van der Waals surface area contributed by atoms with Crippen LogP contribution in [0.2, 0.25) is 0 Å². The molecule has 86 heavy (non-hydrogen) atoms. The van der Waals surface area contributed by atoms with E-state index in [1.165, 1.54) is 6.92 Å². The number of carboxylic acids is 1. The van der Waals surface area contributed by atoms with Crippen molar-refractivity contribution >= 4 is 24.2 Å². The van der Waals surface area contributed by atoms with Crippen LogP contribution in [0.3, 0.4) is 0 Å².